The van der Waals surface area contributed by atoms with Crippen LogP contribution in [0, 0.1) is 6.92 Å². The first-order valence-electron chi connectivity index (χ1n) is 8.26. The molecule has 1 aliphatic heterocycles. The number of benzene rings is 1. The van der Waals surface area contributed by atoms with Crippen LogP contribution in [0.15, 0.2) is 27.9 Å². The number of anilines is 1. The Morgan fingerprint density at radius 2 is 2.04 bits per heavy atom. The van der Waals surface area contributed by atoms with Crippen molar-refractivity contribution in [2.75, 3.05) is 24.6 Å². The molecule has 3 rings (SSSR count). The van der Waals surface area contributed by atoms with E-state index in [2.05, 4.69) is 10.3 Å². The number of hydrogen-bond acceptors (Lipinski definition) is 6. The Labute approximate surface area is 153 Å². The molecule has 1 aromatic carbocycles. The van der Waals surface area contributed by atoms with E-state index < -0.39 is 17.2 Å². The Morgan fingerprint density at radius 3 is 2.63 bits per heavy atom. The van der Waals surface area contributed by atoms with E-state index in [4.69, 9.17) is 4.74 Å². The van der Waals surface area contributed by atoms with Crippen molar-refractivity contribution in [3.05, 3.63) is 50.3 Å². The lowest BCUT2D eigenvalue weighted by molar-refractivity contribution is 0.0523. The van der Waals surface area contributed by atoms with E-state index in [-0.39, 0.29) is 29.6 Å². The van der Waals surface area contributed by atoms with Crippen LogP contribution in [0.25, 0.3) is 5.69 Å². The summed E-state index contributed by atoms with van der Waals surface area (Å²) < 4.78 is 5.83. The third kappa shape index (κ3) is 3.28. The third-order valence-electron chi connectivity index (χ3n) is 4.11. The first-order valence-corrected chi connectivity index (χ1v) is 8.26. The smallest absolute Gasteiger partial charge is 0.345 e. The highest BCUT2D eigenvalue weighted by Gasteiger charge is 2.26. The van der Waals surface area contributed by atoms with Crippen molar-refractivity contribution in [3.8, 4) is 11.4 Å². The number of hydrogen-bond donors (Lipinski definition) is 3. The normalized spacial score (nSPS) is 13.6. The minimum absolute atomic E-state index is 0.0733. The van der Waals surface area contributed by atoms with Crippen LogP contribution in [-0.2, 0) is 4.74 Å². The van der Waals surface area contributed by atoms with Gasteiger partial charge >= 0.3 is 17.7 Å². The molecule has 2 amide bonds. The number of aromatic hydroxyl groups is 1. The summed E-state index contributed by atoms with van der Waals surface area (Å²) >= 11 is 0. The molecule has 0 atom stereocenters. The first kappa shape index (κ1) is 18.2. The fourth-order valence-corrected chi connectivity index (χ4v) is 2.93. The second-order valence-corrected chi connectivity index (χ2v) is 5.91. The maximum atomic E-state index is 12.2. The number of phenolic OH excluding ortho intramolecular Hbond substituents is 1. The lowest BCUT2D eigenvalue weighted by Gasteiger charge is -2.20. The summed E-state index contributed by atoms with van der Waals surface area (Å²) in [6, 6.07) is 2.52. The number of carbonyl (C=O) groups excluding carboxylic acids is 2. The summed E-state index contributed by atoms with van der Waals surface area (Å²) in [5, 5.41) is 13.1. The van der Waals surface area contributed by atoms with E-state index in [0.29, 0.717) is 24.3 Å². The quantitative estimate of drug-likeness (QED) is 0.657. The number of esters is 1. The molecule has 0 aliphatic carbocycles. The van der Waals surface area contributed by atoms with Crippen LogP contribution in [-0.4, -0.2) is 46.4 Å². The molecule has 10 nitrogen and oxygen atoms in total. The van der Waals surface area contributed by atoms with Gasteiger partial charge in [-0.05, 0) is 25.5 Å². The van der Waals surface area contributed by atoms with Crippen LogP contribution in [0.3, 0.4) is 0 Å². The summed E-state index contributed by atoms with van der Waals surface area (Å²) in [6.07, 6.45) is 1.07. The molecule has 0 saturated carbocycles. The van der Waals surface area contributed by atoms with E-state index in [1.807, 2.05) is 0 Å². The van der Waals surface area contributed by atoms with Gasteiger partial charge in [-0.3, -0.25) is 19.2 Å². The van der Waals surface area contributed by atoms with Crippen LogP contribution in [0.2, 0.25) is 0 Å². The third-order valence-corrected chi connectivity index (χ3v) is 4.11. The molecule has 2 aromatic rings. The lowest BCUT2D eigenvalue weighted by Crippen LogP contribution is -2.33. The minimum atomic E-state index is -0.862. The Bertz CT molecular complexity index is 1020. The summed E-state index contributed by atoms with van der Waals surface area (Å²) in [4.78, 5) is 51.3. The molecule has 0 bridgehead atoms. The monoisotopic (exact) mass is 374 g/mol. The second-order valence-electron chi connectivity index (χ2n) is 5.91. The molecule has 0 radical (unpaired) electrons. The lowest BCUT2D eigenvalue weighted by atomic mass is 10.1. The van der Waals surface area contributed by atoms with Crippen molar-refractivity contribution in [2.45, 2.75) is 13.8 Å². The largest absolute Gasteiger partial charge is 0.506 e. The van der Waals surface area contributed by atoms with Crippen LogP contribution >= 0.6 is 0 Å². The zero-order valence-electron chi connectivity index (χ0n) is 14.7. The van der Waals surface area contributed by atoms with Crippen LogP contribution in [0.4, 0.5) is 10.5 Å². The molecule has 0 spiro atoms. The fraction of sp³-hybridized carbons (Fsp3) is 0.294. The van der Waals surface area contributed by atoms with Gasteiger partial charge in [0, 0.05) is 25.4 Å². The van der Waals surface area contributed by atoms with Gasteiger partial charge in [-0.1, -0.05) is 0 Å². The molecule has 0 unspecified atom stereocenters. The number of H-pyrrole nitrogens is 1. The number of ether oxygens (including phenoxy) is 1. The van der Waals surface area contributed by atoms with Crippen molar-refractivity contribution in [1.29, 1.82) is 0 Å². The summed E-state index contributed by atoms with van der Waals surface area (Å²) in [5.74, 6) is -1.07. The highest BCUT2D eigenvalue weighted by molar-refractivity contribution is 5.96. The molecule has 10 heteroatoms. The van der Waals surface area contributed by atoms with Crippen LogP contribution in [0.5, 0.6) is 5.75 Å². The van der Waals surface area contributed by atoms with Crippen molar-refractivity contribution in [2.24, 2.45) is 0 Å². The van der Waals surface area contributed by atoms with Crippen molar-refractivity contribution in [3.63, 3.8) is 0 Å². The SMILES string of the molecule is CCOC(=O)c1cn(-c2cc(C)c(N3CCNC3=O)c(O)c2)c(=O)[nH]c1=O. The number of rotatable bonds is 4. The van der Waals surface area contributed by atoms with Gasteiger partial charge in [0.2, 0.25) is 0 Å². The second kappa shape index (κ2) is 6.98. The number of aryl methyl sites for hydroxylation is 1. The fourth-order valence-electron chi connectivity index (χ4n) is 2.93. The summed E-state index contributed by atoms with van der Waals surface area (Å²) in [5.41, 5.74) is -0.883. The zero-order chi connectivity index (χ0) is 19.7. The van der Waals surface area contributed by atoms with Crippen LogP contribution in [0.1, 0.15) is 22.8 Å². The topological polar surface area (TPSA) is 134 Å². The molecule has 2 heterocycles. The molecule has 1 fully saturated rings. The Balaban J connectivity index is 2.11. The highest BCUT2D eigenvalue weighted by atomic mass is 16.5. The number of carbonyl (C=O) groups is 2. The van der Waals surface area contributed by atoms with E-state index >= 15 is 0 Å². The number of aromatic nitrogens is 2. The molecule has 3 N–H and O–H groups in total. The van der Waals surface area contributed by atoms with Crippen molar-refractivity contribution < 1.29 is 19.4 Å². The predicted octanol–water partition coefficient (Wildman–Crippen LogP) is 0.246. The van der Waals surface area contributed by atoms with Gasteiger partial charge in [0.15, 0.2) is 0 Å². The van der Waals surface area contributed by atoms with Gasteiger partial charge in [0.05, 0.1) is 18.0 Å². The van der Waals surface area contributed by atoms with Crippen molar-refractivity contribution >= 4 is 17.7 Å². The van der Waals surface area contributed by atoms with Gasteiger partial charge in [-0.25, -0.2) is 14.4 Å². The molecule has 1 aromatic heterocycles. The Kier molecular flexibility index (Phi) is 4.72. The number of aromatic amines is 1. The molecule has 1 aliphatic rings. The predicted molar refractivity (Wildman–Crippen MR) is 95.8 cm³/mol. The summed E-state index contributed by atoms with van der Waals surface area (Å²) in [6.45, 7) is 4.20. The molecule has 142 valence electrons. The number of urea groups is 1. The van der Waals surface area contributed by atoms with E-state index in [1.54, 1.807) is 19.9 Å². The van der Waals surface area contributed by atoms with Gasteiger partial charge < -0.3 is 15.2 Å². The number of nitrogens with one attached hydrogen (secondary N) is 2. The maximum absolute atomic E-state index is 12.2. The average molecular weight is 374 g/mol. The number of phenols is 1. The molecular formula is C17H18N4O6. The Hall–Kier alpha value is -3.56. The average Bonchev–Trinajstić information content (AvgIpc) is 3.00. The van der Waals surface area contributed by atoms with E-state index in [9.17, 15) is 24.3 Å². The zero-order valence-corrected chi connectivity index (χ0v) is 14.7. The Morgan fingerprint density at radius 1 is 1.30 bits per heavy atom. The number of amides is 2. The highest BCUT2D eigenvalue weighted by Crippen LogP contribution is 2.34. The summed E-state index contributed by atoms with van der Waals surface area (Å²) in [7, 11) is 0. The molecule has 1 saturated heterocycles. The van der Waals surface area contributed by atoms with E-state index in [1.165, 1.54) is 11.0 Å². The van der Waals surface area contributed by atoms with Crippen molar-refractivity contribution in [1.82, 2.24) is 14.9 Å². The standard InChI is InChI=1S/C17H18N4O6/c1-3-27-15(24)11-8-21(17(26)19-14(11)23)10-6-9(2)13(12(22)7-10)20-5-4-18-16(20)25/h6-8,22H,3-5H2,1-2H3,(H,18,25)(H,19,23,26). The van der Waals surface area contributed by atoms with Gasteiger partial charge in [0.25, 0.3) is 5.56 Å². The molecular weight excluding hydrogens is 356 g/mol. The van der Waals surface area contributed by atoms with E-state index in [0.717, 1.165) is 10.8 Å². The van der Waals surface area contributed by atoms with Gasteiger partial charge in [0.1, 0.15) is 11.3 Å². The minimum Gasteiger partial charge on any atom is -0.506 e. The number of nitrogens with zero attached hydrogens (tertiary/aromatic N) is 2. The van der Waals surface area contributed by atoms with Gasteiger partial charge in [-0.2, -0.15) is 0 Å². The molecule has 27 heavy (non-hydrogen) atoms. The maximum Gasteiger partial charge on any atom is 0.345 e. The first-order chi connectivity index (χ1) is 12.8. The van der Waals surface area contributed by atoms with Crippen LogP contribution < -0.4 is 21.5 Å². The van der Waals surface area contributed by atoms with Gasteiger partial charge in [-0.15, -0.1) is 0 Å².